The fourth-order valence-corrected chi connectivity index (χ4v) is 3.19. The predicted molar refractivity (Wildman–Crippen MR) is 104 cm³/mol. The monoisotopic (exact) mass is 387 g/mol. The largest absolute Gasteiger partial charge is 0.461 e. The molecule has 150 valence electrons. The predicted octanol–water partition coefficient (Wildman–Crippen LogP) is 2.25. The van der Waals surface area contributed by atoms with E-state index in [0.717, 1.165) is 13.1 Å². The molecule has 1 aliphatic heterocycles. The van der Waals surface area contributed by atoms with Crippen LogP contribution in [0.1, 0.15) is 12.2 Å². The van der Waals surface area contributed by atoms with Crippen molar-refractivity contribution in [2.45, 2.75) is 12.8 Å². The summed E-state index contributed by atoms with van der Waals surface area (Å²) in [5, 5.41) is 0. The zero-order valence-corrected chi connectivity index (χ0v) is 16.4. The fourth-order valence-electron chi connectivity index (χ4n) is 3.19. The number of hydrogen-bond acceptors (Lipinski definition) is 4. The minimum atomic E-state index is -0.346. The maximum atomic E-state index is 13.8. The second kappa shape index (κ2) is 9.01. The first-order chi connectivity index (χ1) is 13.4. The number of piperazine rings is 1. The first-order valence-corrected chi connectivity index (χ1v) is 9.48. The van der Waals surface area contributed by atoms with Crippen molar-refractivity contribution in [3.8, 4) is 11.3 Å². The second-order valence-corrected chi connectivity index (χ2v) is 7.18. The molecule has 1 aromatic carbocycles. The van der Waals surface area contributed by atoms with E-state index in [-0.39, 0.29) is 30.6 Å². The van der Waals surface area contributed by atoms with Crippen molar-refractivity contribution in [1.29, 1.82) is 0 Å². The molecule has 1 aromatic heterocycles. The lowest BCUT2D eigenvalue weighted by atomic mass is 10.1. The van der Waals surface area contributed by atoms with Gasteiger partial charge in [0.15, 0.2) is 0 Å². The van der Waals surface area contributed by atoms with Gasteiger partial charge in [-0.05, 0) is 31.3 Å². The first-order valence-electron chi connectivity index (χ1n) is 9.48. The lowest BCUT2D eigenvalue weighted by molar-refractivity contribution is -0.140. The summed E-state index contributed by atoms with van der Waals surface area (Å²) in [6, 6.07) is 9.87. The number of benzene rings is 1. The number of carbonyl (C=O) groups excluding carboxylic acids is 2. The summed E-state index contributed by atoms with van der Waals surface area (Å²) in [6.07, 6.45) is 0.636. The molecule has 2 heterocycles. The molecule has 7 heteroatoms. The molecule has 0 radical (unpaired) electrons. The smallest absolute Gasteiger partial charge is 0.242 e. The number of rotatable bonds is 6. The van der Waals surface area contributed by atoms with E-state index >= 15 is 0 Å². The van der Waals surface area contributed by atoms with Crippen LogP contribution in [0.15, 0.2) is 40.8 Å². The third-order valence-corrected chi connectivity index (χ3v) is 5.04. The highest BCUT2D eigenvalue weighted by atomic mass is 19.1. The number of nitrogens with zero attached hydrogens (tertiary/aromatic N) is 3. The number of furan rings is 1. The Morgan fingerprint density at radius 3 is 2.54 bits per heavy atom. The second-order valence-electron chi connectivity index (χ2n) is 7.18. The average molecular weight is 387 g/mol. The highest BCUT2D eigenvalue weighted by Crippen LogP contribution is 2.25. The van der Waals surface area contributed by atoms with E-state index < -0.39 is 0 Å². The minimum absolute atomic E-state index is 0.0243. The Morgan fingerprint density at radius 1 is 1.11 bits per heavy atom. The summed E-state index contributed by atoms with van der Waals surface area (Å²) in [5.74, 6) is 0.571. The standard InChI is InChI=1S/C21H26FN3O3/c1-23-11-13-25(14-12-23)21(27)15-24(2)20(26)10-8-16-7-9-19(28-16)17-5-3-4-6-18(17)22/h3-7,9H,8,10-15H2,1-2H3. The summed E-state index contributed by atoms with van der Waals surface area (Å²) in [4.78, 5) is 30.1. The van der Waals surface area contributed by atoms with Crippen LogP contribution in [0.25, 0.3) is 11.3 Å². The number of likely N-dealkylation sites (N-methyl/N-ethyl adjacent to an activating group) is 2. The summed E-state index contributed by atoms with van der Waals surface area (Å²) in [5.41, 5.74) is 0.398. The highest BCUT2D eigenvalue weighted by Gasteiger charge is 2.22. The zero-order valence-electron chi connectivity index (χ0n) is 16.4. The Morgan fingerprint density at radius 2 is 1.82 bits per heavy atom. The van der Waals surface area contributed by atoms with Crippen molar-refractivity contribution in [3.05, 3.63) is 48.0 Å². The van der Waals surface area contributed by atoms with Crippen molar-refractivity contribution < 1.29 is 18.4 Å². The van der Waals surface area contributed by atoms with Gasteiger partial charge in [0, 0.05) is 46.1 Å². The van der Waals surface area contributed by atoms with Crippen LogP contribution in [0.4, 0.5) is 4.39 Å². The van der Waals surface area contributed by atoms with Crippen molar-refractivity contribution in [2.75, 3.05) is 46.8 Å². The minimum Gasteiger partial charge on any atom is -0.461 e. The van der Waals surface area contributed by atoms with Gasteiger partial charge >= 0.3 is 0 Å². The van der Waals surface area contributed by atoms with Gasteiger partial charge in [-0.3, -0.25) is 9.59 Å². The number of carbonyl (C=O) groups is 2. The molecule has 0 bridgehead atoms. The molecule has 1 saturated heterocycles. The normalized spacial score (nSPS) is 14.9. The van der Waals surface area contributed by atoms with Crippen molar-refractivity contribution in [1.82, 2.24) is 14.7 Å². The van der Waals surface area contributed by atoms with Crippen LogP contribution in [0.2, 0.25) is 0 Å². The highest BCUT2D eigenvalue weighted by molar-refractivity contribution is 5.84. The van der Waals surface area contributed by atoms with Crippen LogP contribution in [0, 0.1) is 5.82 Å². The number of amides is 2. The van der Waals surface area contributed by atoms with E-state index in [1.54, 1.807) is 42.3 Å². The van der Waals surface area contributed by atoms with E-state index in [1.807, 2.05) is 7.05 Å². The molecule has 1 aliphatic rings. The number of hydrogen-bond donors (Lipinski definition) is 0. The van der Waals surface area contributed by atoms with Gasteiger partial charge in [-0.2, -0.15) is 0 Å². The molecule has 0 N–H and O–H groups in total. The third-order valence-electron chi connectivity index (χ3n) is 5.04. The van der Waals surface area contributed by atoms with Gasteiger partial charge < -0.3 is 19.1 Å². The van der Waals surface area contributed by atoms with Crippen molar-refractivity contribution in [3.63, 3.8) is 0 Å². The quantitative estimate of drug-likeness (QED) is 0.763. The maximum Gasteiger partial charge on any atom is 0.242 e. The maximum absolute atomic E-state index is 13.8. The summed E-state index contributed by atoms with van der Waals surface area (Å²) < 4.78 is 19.5. The molecule has 28 heavy (non-hydrogen) atoms. The van der Waals surface area contributed by atoms with Crippen LogP contribution >= 0.6 is 0 Å². The molecule has 2 aromatic rings. The van der Waals surface area contributed by atoms with Gasteiger partial charge in [-0.25, -0.2) is 4.39 Å². The van der Waals surface area contributed by atoms with Crippen LogP contribution in [-0.4, -0.2) is 73.3 Å². The van der Waals surface area contributed by atoms with Gasteiger partial charge in [0.25, 0.3) is 0 Å². The number of halogens is 1. The van der Waals surface area contributed by atoms with E-state index in [9.17, 15) is 14.0 Å². The third kappa shape index (κ3) is 4.98. The summed E-state index contributed by atoms with van der Waals surface area (Å²) in [6.45, 7) is 3.19. The molecule has 0 saturated carbocycles. The molecule has 0 aliphatic carbocycles. The lowest BCUT2D eigenvalue weighted by Gasteiger charge is -2.33. The Bertz CT molecular complexity index is 828. The van der Waals surface area contributed by atoms with Crippen LogP contribution in [-0.2, 0) is 16.0 Å². The van der Waals surface area contributed by atoms with E-state index in [2.05, 4.69) is 4.90 Å². The molecule has 3 rings (SSSR count). The molecular formula is C21H26FN3O3. The molecule has 2 amide bonds. The van der Waals surface area contributed by atoms with E-state index in [4.69, 9.17) is 4.42 Å². The molecule has 0 spiro atoms. The van der Waals surface area contributed by atoms with Gasteiger partial charge in [0.05, 0.1) is 12.1 Å². The molecule has 0 atom stereocenters. The van der Waals surface area contributed by atoms with Gasteiger partial charge in [0.2, 0.25) is 11.8 Å². The van der Waals surface area contributed by atoms with Crippen LogP contribution < -0.4 is 0 Å². The number of aryl methyl sites for hydroxylation is 1. The molecule has 1 fully saturated rings. The Labute approximate surface area is 164 Å². The molecule has 0 unspecified atom stereocenters. The fraction of sp³-hybridized carbons (Fsp3) is 0.429. The van der Waals surface area contributed by atoms with Crippen LogP contribution in [0.3, 0.4) is 0 Å². The van der Waals surface area contributed by atoms with E-state index in [1.165, 1.54) is 11.0 Å². The Balaban J connectivity index is 1.49. The van der Waals surface area contributed by atoms with E-state index in [0.29, 0.717) is 36.6 Å². The summed E-state index contributed by atoms with van der Waals surface area (Å²) in [7, 11) is 3.67. The average Bonchev–Trinajstić information content (AvgIpc) is 3.15. The Hall–Kier alpha value is -2.67. The zero-order chi connectivity index (χ0) is 20.1. The lowest BCUT2D eigenvalue weighted by Crippen LogP contribution is -2.50. The van der Waals surface area contributed by atoms with Gasteiger partial charge in [0.1, 0.15) is 17.3 Å². The Kier molecular flexibility index (Phi) is 6.46. The van der Waals surface area contributed by atoms with Crippen molar-refractivity contribution >= 4 is 11.8 Å². The SMILES string of the molecule is CN1CCN(C(=O)CN(C)C(=O)CCc2ccc(-c3ccccc3F)o2)CC1. The van der Waals surface area contributed by atoms with Crippen LogP contribution in [0.5, 0.6) is 0 Å². The first kappa shape index (κ1) is 20.1. The molecule has 6 nitrogen and oxygen atoms in total. The van der Waals surface area contributed by atoms with Gasteiger partial charge in [-0.15, -0.1) is 0 Å². The van der Waals surface area contributed by atoms with Gasteiger partial charge in [-0.1, -0.05) is 12.1 Å². The van der Waals surface area contributed by atoms with Crippen molar-refractivity contribution in [2.24, 2.45) is 0 Å². The topological polar surface area (TPSA) is 57.0 Å². The molecular weight excluding hydrogens is 361 g/mol. The summed E-state index contributed by atoms with van der Waals surface area (Å²) >= 11 is 0.